The van der Waals surface area contributed by atoms with Gasteiger partial charge in [0.1, 0.15) is 0 Å². The summed E-state index contributed by atoms with van der Waals surface area (Å²) in [5, 5.41) is 3.36. The van der Waals surface area contributed by atoms with Crippen LogP contribution in [0.5, 0.6) is 0 Å². The van der Waals surface area contributed by atoms with Crippen LogP contribution < -0.4 is 5.32 Å². The largest absolute Gasteiger partial charge is 0.342 e. The van der Waals surface area contributed by atoms with E-state index in [2.05, 4.69) is 43.4 Å². The number of rotatable bonds is 4. The molecule has 1 aliphatic carbocycles. The maximum atomic E-state index is 12.7. The lowest BCUT2D eigenvalue weighted by molar-refractivity contribution is -0.133. The van der Waals surface area contributed by atoms with Crippen molar-refractivity contribution in [2.45, 2.75) is 51.0 Å². The van der Waals surface area contributed by atoms with Crippen LogP contribution in [0.25, 0.3) is 0 Å². The maximum absolute atomic E-state index is 12.7. The van der Waals surface area contributed by atoms with Crippen LogP contribution in [0.1, 0.15) is 56.1 Å². The van der Waals surface area contributed by atoms with Crippen LogP contribution in [0.2, 0.25) is 0 Å². The van der Waals surface area contributed by atoms with Gasteiger partial charge in [-0.05, 0) is 55.3 Å². The normalized spacial score (nSPS) is 24.2. The van der Waals surface area contributed by atoms with E-state index in [1.807, 2.05) is 11.9 Å². The monoisotopic (exact) mass is 336 g/mol. The van der Waals surface area contributed by atoms with Gasteiger partial charge in [0.05, 0.1) is 0 Å². The van der Waals surface area contributed by atoms with E-state index in [4.69, 9.17) is 0 Å². The summed E-state index contributed by atoms with van der Waals surface area (Å²) in [5.74, 6) is 1.57. The van der Waals surface area contributed by atoms with Crippen molar-refractivity contribution in [3.8, 4) is 0 Å². The lowest BCUT2D eigenvalue weighted by Gasteiger charge is -2.32. The highest BCUT2D eigenvalue weighted by molar-refractivity contribution is 5.85. The van der Waals surface area contributed by atoms with Gasteiger partial charge in [-0.15, -0.1) is 12.4 Å². The van der Waals surface area contributed by atoms with Gasteiger partial charge in [-0.25, -0.2) is 0 Å². The third-order valence-corrected chi connectivity index (χ3v) is 5.34. The van der Waals surface area contributed by atoms with Crippen LogP contribution in [-0.2, 0) is 4.79 Å². The standard InChI is InChI=1S/C19H28N2O.ClH/c1-13(2)14-4-6-15(7-5-14)17-12-18(17)19(22)21(3)16-8-10-20-11-9-16;/h4-7,13,16-18,20H,8-12H2,1-3H3;1H. The molecular weight excluding hydrogens is 308 g/mol. The molecule has 128 valence electrons. The molecule has 0 radical (unpaired) electrons. The van der Waals surface area contributed by atoms with Crippen LogP contribution >= 0.6 is 12.4 Å². The molecule has 23 heavy (non-hydrogen) atoms. The number of carbonyl (C=O) groups excluding carboxylic acids is 1. The fourth-order valence-corrected chi connectivity index (χ4v) is 3.60. The van der Waals surface area contributed by atoms with E-state index < -0.39 is 0 Å². The molecule has 3 rings (SSSR count). The van der Waals surface area contributed by atoms with Crippen molar-refractivity contribution < 1.29 is 4.79 Å². The predicted octanol–water partition coefficient (Wildman–Crippen LogP) is 3.55. The summed E-state index contributed by atoms with van der Waals surface area (Å²) in [5.41, 5.74) is 2.71. The number of hydrogen-bond donors (Lipinski definition) is 1. The number of amides is 1. The number of nitrogens with one attached hydrogen (secondary N) is 1. The molecule has 1 amide bonds. The molecule has 1 saturated heterocycles. The van der Waals surface area contributed by atoms with E-state index in [1.54, 1.807) is 0 Å². The van der Waals surface area contributed by atoms with Gasteiger partial charge in [-0.1, -0.05) is 38.1 Å². The molecule has 3 nitrogen and oxygen atoms in total. The molecule has 1 aliphatic heterocycles. The predicted molar refractivity (Wildman–Crippen MR) is 97.3 cm³/mol. The van der Waals surface area contributed by atoms with Crippen molar-refractivity contribution in [2.75, 3.05) is 20.1 Å². The quantitative estimate of drug-likeness (QED) is 0.912. The minimum atomic E-state index is 0. The maximum Gasteiger partial charge on any atom is 0.226 e. The summed E-state index contributed by atoms with van der Waals surface area (Å²) < 4.78 is 0. The zero-order valence-corrected chi connectivity index (χ0v) is 15.2. The van der Waals surface area contributed by atoms with Crippen LogP contribution in [0.15, 0.2) is 24.3 Å². The molecule has 1 N–H and O–H groups in total. The zero-order valence-electron chi connectivity index (χ0n) is 14.4. The molecule has 2 unspecified atom stereocenters. The fraction of sp³-hybridized carbons (Fsp3) is 0.632. The third-order valence-electron chi connectivity index (χ3n) is 5.34. The number of nitrogens with zero attached hydrogens (tertiary/aromatic N) is 1. The van der Waals surface area contributed by atoms with Gasteiger partial charge in [0.2, 0.25) is 5.91 Å². The van der Waals surface area contributed by atoms with E-state index in [0.29, 0.717) is 23.8 Å². The lowest BCUT2D eigenvalue weighted by atomic mass is 9.99. The number of benzene rings is 1. The minimum absolute atomic E-state index is 0. The van der Waals surface area contributed by atoms with Crippen LogP contribution in [0.4, 0.5) is 0 Å². The second-order valence-electron chi connectivity index (χ2n) is 7.20. The Balaban J connectivity index is 0.00000192. The lowest BCUT2D eigenvalue weighted by Crippen LogP contribution is -2.44. The van der Waals surface area contributed by atoms with Crippen LogP contribution in [0.3, 0.4) is 0 Å². The summed E-state index contributed by atoms with van der Waals surface area (Å²) in [6.07, 6.45) is 3.20. The smallest absolute Gasteiger partial charge is 0.226 e. The molecule has 2 aliphatic rings. The van der Waals surface area contributed by atoms with Crippen molar-refractivity contribution >= 4 is 18.3 Å². The second-order valence-corrected chi connectivity index (χ2v) is 7.20. The highest BCUT2D eigenvalue weighted by Crippen LogP contribution is 2.48. The average Bonchev–Trinajstić information content (AvgIpc) is 3.35. The SMILES string of the molecule is CC(C)c1ccc(C2CC2C(=O)N(C)C2CCNCC2)cc1.Cl. The minimum Gasteiger partial charge on any atom is -0.342 e. The molecule has 0 spiro atoms. The van der Waals surface area contributed by atoms with Gasteiger partial charge < -0.3 is 10.2 Å². The Bertz CT molecular complexity index is 523. The number of halogens is 1. The highest BCUT2D eigenvalue weighted by Gasteiger charge is 2.46. The number of piperidine rings is 1. The number of hydrogen-bond acceptors (Lipinski definition) is 2. The van der Waals surface area contributed by atoms with Crippen molar-refractivity contribution in [2.24, 2.45) is 5.92 Å². The van der Waals surface area contributed by atoms with Gasteiger partial charge in [-0.3, -0.25) is 4.79 Å². The molecule has 1 heterocycles. The topological polar surface area (TPSA) is 32.3 Å². The molecule has 0 aromatic heterocycles. The molecule has 1 aromatic rings. The van der Waals surface area contributed by atoms with Gasteiger partial charge in [-0.2, -0.15) is 0 Å². The summed E-state index contributed by atoms with van der Waals surface area (Å²) in [7, 11) is 2.00. The first-order chi connectivity index (χ1) is 10.6. The molecule has 1 aromatic carbocycles. The van der Waals surface area contributed by atoms with Gasteiger partial charge >= 0.3 is 0 Å². The van der Waals surface area contributed by atoms with E-state index in [1.165, 1.54) is 11.1 Å². The average molecular weight is 337 g/mol. The Morgan fingerprint density at radius 2 is 1.78 bits per heavy atom. The van der Waals surface area contributed by atoms with E-state index in [9.17, 15) is 4.79 Å². The van der Waals surface area contributed by atoms with Gasteiger partial charge in [0, 0.05) is 19.0 Å². The summed E-state index contributed by atoms with van der Waals surface area (Å²) >= 11 is 0. The Labute approximate surface area is 146 Å². The van der Waals surface area contributed by atoms with Gasteiger partial charge in [0.25, 0.3) is 0 Å². The molecule has 1 saturated carbocycles. The van der Waals surface area contributed by atoms with Gasteiger partial charge in [0.15, 0.2) is 0 Å². The Kier molecular flexibility index (Phi) is 6.10. The van der Waals surface area contributed by atoms with Crippen LogP contribution in [0, 0.1) is 5.92 Å². The molecular formula is C19H29ClN2O. The van der Waals surface area contributed by atoms with Crippen molar-refractivity contribution in [3.63, 3.8) is 0 Å². The summed E-state index contributed by atoms with van der Waals surface area (Å²) in [6, 6.07) is 9.31. The van der Waals surface area contributed by atoms with Crippen molar-refractivity contribution in [3.05, 3.63) is 35.4 Å². The first-order valence-electron chi connectivity index (χ1n) is 8.65. The Morgan fingerprint density at radius 1 is 1.17 bits per heavy atom. The first kappa shape index (κ1) is 18.3. The molecule has 0 bridgehead atoms. The van der Waals surface area contributed by atoms with E-state index in [-0.39, 0.29) is 18.3 Å². The zero-order chi connectivity index (χ0) is 15.7. The van der Waals surface area contributed by atoms with Crippen molar-refractivity contribution in [1.29, 1.82) is 0 Å². The summed E-state index contributed by atoms with van der Waals surface area (Å²) in [6.45, 7) is 6.50. The summed E-state index contributed by atoms with van der Waals surface area (Å²) in [4.78, 5) is 14.7. The van der Waals surface area contributed by atoms with Crippen LogP contribution in [-0.4, -0.2) is 37.0 Å². The first-order valence-corrected chi connectivity index (χ1v) is 8.65. The Morgan fingerprint density at radius 3 is 2.35 bits per heavy atom. The number of carbonyl (C=O) groups is 1. The third kappa shape index (κ3) is 4.07. The van der Waals surface area contributed by atoms with E-state index in [0.717, 1.165) is 32.4 Å². The fourth-order valence-electron chi connectivity index (χ4n) is 3.60. The van der Waals surface area contributed by atoms with Crippen molar-refractivity contribution in [1.82, 2.24) is 10.2 Å². The Hall–Kier alpha value is -1.06. The second kappa shape index (κ2) is 7.67. The van der Waals surface area contributed by atoms with E-state index >= 15 is 0 Å². The molecule has 2 fully saturated rings. The highest BCUT2D eigenvalue weighted by atomic mass is 35.5. The molecule has 4 heteroatoms. The molecule has 2 atom stereocenters.